The molecule has 0 aliphatic rings. The summed E-state index contributed by atoms with van der Waals surface area (Å²) in [5.74, 6) is -0.854. The maximum Gasteiger partial charge on any atom is 0.241 e. The average Bonchev–Trinajstić information content (AvgIpc) is 2.52. The molecule has 0 atom stereocenters. The number of nitrogens with zero attached hydrogens (tertiary/aromatic N) is 1. The summed E-state index contributed by atoms with van der Waals surface area (Å²) < 4.78 is 38.4. The minimum absolute atomic E-state index is 0.126. The Morgan fingerprint density at radius 3 is 2.44 bits per heavy atom. The SMILES string of the molecule is Cc1ccc(N(CC(=O)NCc2cccc(F)c2)S(C)(=O)=O)cc1C. The van der Waals surface area contributed by atoms with Crippen molar-refractivity contribution in [2.24, 2.45) is 0 Å². The number of carbonyl (C=O) groups is 1. The third kappa shape index (κ3) is 5.29. The second-order valence-corrected chi connectivity index (χ2v) is 7.85. The van der Waals surface area contributed by atoms with Crippen molar-refractivity contribution in [2.45, 2.75) is 20.4 Å². The Balaban J connectivity index is 2.11. The number of hydrogen-bond acceptors (Lipinski definition) is 3. The van der Waals surface area contributed by atoms with Gasteiger partial charge in [0, 0.05) is 6.54 Å². The lowest BCUT2D eigenvalue weighted by Gasteiger charge is -2.22. The largest absolute Gasteiger partial charge is 0.350 e. The van der Waals surface area contributed by atoms with Crippen LogP contribution in [0.1, 0.15) is 16.7 Å². The van der Waals surface area contributed by atoms with Crippen molar-refractivity contribution in [3.05, 3.63) is 65.0 Å². The van der Waals surface area contributed by atoms with Crippen LogP contribution in [-0.2, 0) is 21.4 Å². The van der Waals surface area contributed by atoms with Crippen LogP contribution in [-0.4, -0.2) is 27.1 Å². The Hall–Kier alpha value is -2.41. The first-order chi connectivity index (χ1) is 11.7. The third-order valence-electron chi connectivity index (χ3n) is 3.84. The maximum atomic E-state index is 13.1. The predicted molar refractivity (Wildman–Crippen MR) is 96.4 cm³/mol. The first-order valence-electron chi connectivity index (χ1n) is 7.73. The van der Waals surface area contributed by atoms with Crippen molar-refractivity contribution in [3.63, 3.8) is 0 Å². The molecule has 2 rings (SSSR count). The van der Waals surface area contributed by atoms with E-state index in [1.165, 1.54) is 12.1 Å². The fourth-order valence-corrected chi connectivity index (χ4v) is 3.16. The molecular weight excluding hydrogens is 343 g/mol. The van der Waals surface area contributed by atoms with Crippen LogP contribution < -0.4 is 9.62 Å². The van der Waals surface area contributed by atoms with Crippen molar-refractivity contribution in [3.8, 4) is 0 Å². The van der Waals surface area contributed by atoms with E-state index in [4.69, 9.17) is 0 Å². The van der Waals surface area contributed by atoms with Crippen LogP contribution in [0.15, 0.2) is 42.5 Å². The Morgan fingerprint density at radius 1 is 1.12 bits per heavy atom. The van der Waals surface area contributed by atoms with Crippen LogP contribution in [0.3, 0.4) is 0 Å². The number of sulfonamides is 1. The van der Waals surface area contributed by atoms with Gasteiger partial charge >= 0.3 is 0 Å². The molecule has 0 bridgehead atoms. The van der Waals surface area contributed by atoms with E-state index in [0.717, 1.165) is 21.7 Å². The number of amides is 1. The second-order valence-electron chi connectivity index (χ2n) is 5.94. The molecule has 2 aromatic carbocycles. The van der Waals surface area contributed by atoms with E-state index in [1.54, 1.807) is 24.3 Å². The molecule has 0 aromatic heterocycles. The molecular formula is C18H21FN2O3S. The lowest BCUT2D eigenvalue weighted by Crippen LogP contribution is -2.40. The highest BCUT2D eigenvalue weighted by Gasteiger charge is 2.21. The summed E-state index contributed by atoms with van der Waals surface area (Å²) in [6.07, 6.45) is 1.06. The summed E-state index contributed by atoms with van der Waals surface area (Å²) in [4.78, 5) is 12.2. The van der Waals surface area contributed by atoms with E-state index in [-0.39, 0.29) is 18.9 Å². The van der Waals surface area contributed by atoms with Gasteiger partial charge in [-0.15, -0.1) is 0 Å². The van der Waals surface area contributed by atoms with Crippen LogP contribution in [0.4, 0.5) is 10.1 Å². The molecule has 0 unspecified atom stereocenters. The zero-order valence-electron chi connectivity index (χ0n) is 14.4. The first-order valence-corrected chi connectivity index (χ1v) is 9.58. The van der Waals surface area contributed by atoms with E-state index in [0.29, 0.717) is 11.3 Å². The fourth-order valence-electron chi connectivity index (χ4n) is 2.31. The van der Waals surface area contributed by atoms with Crippen LogP contribution in [0.25, 0.3) is 0 Å². The van der Waals surface area contributed by atoms with E-state index in [9.17, 15) is 17.6 Å². The third-order valence-corrected chi connectivity index (χ3v) is 4.99. The molecule has 25 heavy (non-hydrogen) atoms. The first kappa shape index (κ1) is 18.9. The number of aryl methyl sites for hydroxylation is 2. The number of carbonyl (C=O) groups excluding carboxylic acids is 1. The van der Waals surface area contributed by atoms with E-state index in [2.05, 4.69) is 5.32 Å². The van der Waals surface area contributed by atoms with Crippen LogP contribution in [0.2, 0.25) is 0 Å². The van der Waals surface area contributed by atoms with Gasteiger partial charge in [-0.2, -0.15) is 0 Å². The predicted octanol–water partition coefficient (Wildman–Crippen LogP) is 2.52. The van der Waals surface area contributed by atoms with Gasteiger partial charge in [0.05, 0.1) is 11.9 Å². The van der Waals surface area contributed by atoms with E-state index < -0.39 is 15.9 Å². The molecule has 0 saturated heterocycles. The smallest absolute Gasteiger partial charge is 0.241 e. The highest BCUT2D eigenvalue weighted by Crippen LogP contribution is 2.21. The van der Waals surface area contributed by atoms with Gasteiger partial charge in [-0.05, 0) is 54.8 Å². The minimum atomic E-state index is -3.62. The Bertz CT molecular complexity index is 882. The molecule has 0 spiro atoms. The summed E-state index contributed by atoms with van der Waals surface area (Å²) in [6.45, 7) is 3.59. The molecule has 0 saturated carbocycles. The van der Waals surface area contributed by atoms with Crippen molar-refractivity contribution >= 4 is 21.6 Å². The van der Waals surface area contributed by atoms with Crippen LogP contribution in [0, 0.1) is 19.7 Å². The summed E-state index contributed by atoms with van der Waals surface area (Å²) in [5, 5.41) is 2.61. The molecule has 134 valence electrons. The van der Waals surface area contributed by atoms with Crippen molar-refractivity contribution in [1.82, 2.24) is 5.32 Å². The number of benzene rings is 2. The topological polar surface area (TPSA) is 66.5 Å². The van der Waals surface area contributed by atoms with Crippen molar-refractivity contribution < 1.29 is 17.6 Å². The number of halogens is 1. The molecule has 0 radical (unpaired) electrons. The second kappa shape index (κ2) is 7.65. The number of nitrogens with one attached hydrogen (secondary N) is 1. The molecule has 0 fully saturated rings. The summed E-state index contributed by atoms with van der Waals surface area (Å²) in [6, 6.07) is 11.1. The highest BCUT2D eigenvalue weighted by atomic mass is 32.2. The molecule has 1 amide bonds. The van der Waals surface area contributed by atoms with Crippen LogP contribution in [0.5, 0.6) is 0 Å². The van der Waals surface area contributed by atoms with E-state index >= 15 is 0 Å². The molecule has 0 aliphatic carbocycles. The van der Waals surface area contributed by atoms with E-state index in [1.807, 2.05) is 19.9 Å². The zero-order chi connectivity index (χ0) is 18.6. The highest BCUT2D eigenvalue weighted by molar-refractivity contribution is 7.92. The molecule has 1 N–H and O–H groups in total. The average molecular weight is 364 g/mol. The van der Waals surface area contributed by atoms with Gasteiger partial charge in [0.2, 0.25) is 15.9 Å². The Labute approximate surface area is 147 Å². The quantitative estimate of drug-likeness (QED) is 0.857. The van der Waals surface area contributed by atoms with Crippen molar-refractivity contribution in [2.75, 3.05) is 17.1 Å². The fraction of sp³-hybridized carbons (Fsp3) is 0.278. The van der Waals surface area contributed by atoms with Gasteiger partial charge in [-0.1, -0.05) is 18.2 Å². The Kier molecular flexibility index (Phi) is 5.79. The maximum absolute atomic E-state index is 13.1. The standard InChI is InChI=1S/C18H21FN2O3S/c1-13-7-8-17(9-14(13)2)21(25(3,23)24)12-18(22)20-11-15-5-4-6-16(19)10-15/h4-10H,11-12H2,1-3H3,(H,20,22). The Morgan fingerprint density at radius 2 is 1.84 bits per heavy atom. The lowest BCUT2D eigenvalue weighted by molar-refractivity contribution is -0.119. The molecule has 0 heterocycles. The summed E-state index contributed by atoms with van der Waals surface area (Å²) in [5.41, 5.74) is 3.01. The van der Waals surface area contributed by atoms with Crippen molar-refractivity contribution in [1.29, 1.82) is 0 Å². The number of rotatable bonds is 6. The summed E-state index contributed by atoms with van der Waals surface area (Å²) >= 11 is 0. The lowest BCUT2D eigenvalue weighted by atomic mass is 10.1. The zero-order valence-corrected chi connectivity index (χ0v) is 15.2. The van der Waals surface area contributed by atoms with Gasteiger partial charge in [-0.3, -0.25) is 9.10 Å². The molecule has 5 nitrogen and oxygen atoms in total. The number of hydrogen-bond donors (Lipinski definition) is 1. The molecule has 7 heteroatoms. The molecule has 2 aromatic rings. The van der Waals surface area contributed by atoms with Gasteiger partial charge < -0.3 is 5.32 Å². The normalized spacial score (nSPS) is 11.2. The van der Waals surface area contributed by atoms with Gasteiger partial charge in [-0.25, -0.2) is 12.8 Å². The van der Waals surface area contributed by atoms with Crippen LogP contribution >= 0.6 is 0 Å². The van der Waals surface area contributed by atoms with Gasteiger partial charge in [0.25, 0.3) is 0 Å². The number of anilines is 1. The molecule has 0 aliphatic heterocycles. The van der Waals surface area contributed by atoms with Gasteiger partial charge in [0.15, 0.2) is 0 Å². The monoisotopic (exact) mass is 364 g/mol. The minimum Gasteiger partial charge on any atom is -0.350 e. The summed E-state index contributed by atoms with van der Waals surface area (Å²) in [7, 11) is -3.62. The van der Waals surface area contributed by atoms with Gasteiger partial charge in [0.1, 0.15) is 12.4 Å².